The number of ether oxygens (including phenoxy) is 7. The average Bonchev–Trinajstić information content (AvgIpc) is 3.03. The van der Waals surface area contributed by atoms with Gasteiger partial charge in [-0.05, 0) is 0 Å². The summed E-state index contributed by atoms with van der Waals surface area (Å²) in [6, 6.07) is 0. The van der Waals surface area contributed by atoms with E-state index in [1.807, 2.05) is 0 Å². The fourth-order valence-electron chi connectivity index (χ4n) is 5.41. The van der Waals surface area contributed by atoms with Crippen LogP contribution in [-0.4, -0.2) is 220 Å². The Labute approximate surface area is 258 Å². The lowest BCUT2D eigenvalue weighted by molar-refractivity contribution is -0.369. The van der Waals surface area contributed by atoms with Gasteiger partial charge in [-0.3, -0.25) is 0 Å². The number of carboxylic acids is 1. The Morgan fingerprint density at radius 2 is 0.957 bits per heavy atom. The molecule has 0 aromatic heterocycles. The van der Waals surface area contributed by atoms with Crippen molar-refractivity contribution >= 4 is 5.97 Å². The molecule has 268 valence electrons. The van der Waals surface area contributed by atoms with E-state index >= 15 is 0 Å². The monoisotopic (exact) mass is 680 g/mol. The summed E-state index contributed by atoms with van der Waals surface area (Å²) < 4.78 is 37.0. The second-order valence-electron chi connectivity index (χ2n) is 11.2. The highest BCUT2D eigenvalue weighted by molar-refractivity contribution is 5.73. The molecule has 0 unspecified atom stereocenters. The van der Waals surface area contributed by atoms with E-state index in [0.717, 1.165) is 0 Å². The Morgan fingerprint density at radius 3 is 1.50 bits per heavy atom. The Morgan fingerprint density at radius 1 is 0.500 bits per heavy atom. The third-order valence-corrected chi connectivity index (χ3v) is 8.15. The van der Waals surface area contributed by atoms with Crippen LogP contribution in [0, 0.1) is 0 Å². The molecule has 0 bridgehead atoms. The summed E-state index contributed by atoms with van der Waals surface area (Å²) >= 11 is 0. The predicted octanol–water partition coefficient (Wildman–Crippen LogP) is -9.66. The highest BCUT2D eigenvalue weighted by Crippen LogP contribution is 2.32. The minimum Gasteiger partial charge on any atom is -0.479 e. The number of carboxylic acid groups (broad SMARTS) is 1. The van der Waals surface area contributed by atoms with Crippen LogP contribution in [0.15, 0.2) is 0 Å². The quantitative estimate of drug-likeness (QED) is 0.102. The summed E-state index contributed by atoms with van der Waals surface area (Å²) in [5.74, 6) is -1.74. The molecule has 20 atom stereocenters. The predicted molar refractivity (Wildman–Crippen MR) is 134 cm³/mol. The zero-order valence-corrected chi connectivity index (χ0v) is 23.7. The van der Waals surface area contributed by atoms with Gasteiger partial charge in [-0.2, -0.15) is 0 Å². The molecule has 0 aromatic carbocycles. The molecule has 46 heavy (non-hydrogen) atoms. The molecule has 22 heteroatoms. The summed E-state index contributed by atoms with van der Waals surface area (Å²) in [6.07, 6.45) is -37.3. The molecule has 0 aliphatic carbocycles. The maximum absolute atomic E-state index is 11.6. The van der Waals surface area contributed by atoms with Gasteiger partial charge in [-0.1, -0.05) is 0 Å². The number of hydrogen-bond acceptors (Lipinski definition) is 21. The lowest BCUT2D eigenvalue weighted by atomic mass is 9.96. The number of carbonyl (C=O) groups is 1. The third kappa shape index (κ3) is 7.46. The molecule has 4 aliphatic rings. The first-order valence-corrected chi connectivity index (χ1v) is 14.1. The minimum atomic E-state index is -2.11. The fraction of sp³-hybridized carbons (Fsp3) is 0.958. The Kier molecular flexibility index (Phi) is 12.6. The van der Waals surface area contributed by atoms with E-state index in [1.54, 1.807) is 0 Å². The van der Waals surface area contributed by atoms with E-state index in [1.165, 1.54) is 0 Å². The standard InChI is InChI=1S/C24H40O22/c25-1-4-7(27)9(29)14(34)23(41-4)45-17-5(2-26)42-22(16(36)12(17)32)40-3-6-8(28)10(30)15(35)24(43-6)46-18-11(31)13(33)21(39)44-19(18)20(37)38/h4-19,21-36,39H,1-3H2,(H,37,38)/t4-,5-,6-,7-,8-,9+,10+,11-,12-,13-,14-,15-,16-,17+,18+,19+,21+,22+,23-,24-/m1/s1. The van der Waals surface area contributed by atoms with Crippen molar-refractivity contribution in [3.05, 3.63) is 0 Å². The van der Waals surface area contributed by atoms with Crippen molar-refractivity contribution in [1.29, 1.82) is 0 Å². The summed E-state index contributed by atoms with van der Waals surface area (Å²) in [6.45, 7) is -2.46. The number of aliphatic hydroxyl groups excluding tert-OH is 13. The van der Waals surface area contributed by atoms with Gasteiger partial charge in [0.2, 0.25) is 0 Å². The van der Waals surface area contributed by atoms with Crippen LogP contribution in [0.1, 0.15) is 0 Å². The highest BCUT2D eigenvalue weighted by atomic mass is 16.8. The van der Waals surface area contributed by atoms with Crippen molar-refractivity contribution in [2.24, 2.45) is 0 Å². The average molecular weight is 681 g/mol. The van der Waals surface area contributed by atoms with Gasteiger partial charge in [-0.25, -0.2) is 4.79 Å². The first-order valence-electron chi connectivity index (χ1n) is 14.1. The van der Waals surface area contributed by atoms with E-state index < -0.39 is 149 Å². The van der Waals surface area contributed by atoms with Crippen molar-refractivity contribution < 1.29 is 109 Å². The topological polar surface area (TPSA) is 365 Å². The van der Waals surface area contributed by atoms with Crippen LogP contribution in [0.5, 0.6) is 0 Å². The summed E-state index contributed by atoms with van der Waals surface area (Å²) in [5, 5.41) is 141. The van der Waals surface area contributed by atoms with Crippen LogP contribution in [0.4, 0.5) is 0 Å². The molecule has 14 N–H and O–H groups in total. The molecular formula is C24H40O22. The van der Waals surface area contributed by atoms with Gasteiger partial charge < -0.3 is 105 Å². The van der Waals surface area contributed by atoms with E-state index in [2.05, 4.69) is 0 Å². The lowest BCUT2D eigenvalue weighted by Crippen LogP contribution is -2.66. The summed E-state index contributed by atoms with van der Waals surface area (Å²) in [7, 11) is 0. The fourth-order valence-corrected chi connectivity index (χ4v) is 5.41. The molecule has 22 nitrogen and oxygen atoms in total. The zero-order chi connectivity index (χ0) is 34.2. The first-order chi connectivity index (χ1) is 21.6. The normalized spacial score (nSPS) is 51.9. The molecule has 0 radical (unpaired) electrons. The number of aliphatic hydroxyl groups is 13. The maximum atomic E-state index is 11.6. The molecule has 0 saturated carbocycles. The van der Waals surface area contributed by atoms with Crippen LogP contribution in [0.3, 0.4) is 0 Å². The third-order valence-electron chi connectivity index (χ3n) is 8.15. The largest absolute Gasteiger partial charge is 0.479 e. The molecule has 0 spiro atoms. The first kappa shape index (κ1) is 37.5. The molecular weight excluding hydrogens is 640 g/mol. The van der Waals surface area contributed by atoms with E-state index in [0.29, 0.717) is 0 Å². The van der Waals surface area contributed by atoms with Gasteiger partial charge in [0, 0.05) is 0 Å². The number of aliphatic carboxylic acids is 1. The van der Waals surface area contributed by atoms with Crippen molar-refractivity contribution in [3.8, 4) is 0 Å². The Hall–Kier alpha value is -1.33. The zero-order valence-electron chi connectivity index (χ0n) is 23.7. The van der Waals surface area contributed by atoms with Gasteiger partial charge in [0.05, 0.1) is 19.8 Å². The molecule has 4 rings (SSSR count). The smallest absolute Gasteiger partial charge is 0.335 e. The van der Waals surface area contributed by atoms with Gasteiger partial charge >= 0.3 is 5.97 Å². The Balaban J connectivity index is 1.41. The number of rotatable bonds is 10. The van der Waals surface area contributed by atoms with Gasteiger partial charge in [-0.15, -0.1) is 0 Å². The van der Waals surface area contributed by atoms with Crippen LogP contribution in [-0.2, 0) is 38.0 Å². The van der Waals surface area contributed by atoms with Crippen LogP contribution < -0.4 is 0 Å². The van der Waals surface area contributed by atoms with Crippen molar-refractivity contribution in [2.75, 3.05) is 19.8 Å². The SMILES string of the molecule is O=C(O)[C@H]1O[C@H](O)[C@H](O)[C@@H](O)[C@@H]1O[C@H]1O[C@H](CO[C@H]2O[C@H](CO)[C@H](O[C@H]3O[C@H](CO)[C@@H](O)[C@H](O)[C@H]3O)[C@H](O)[C@H]2O)[C@@H](O)[C@H](O)[C@H]1O. The molecule has 4 saturated heterocycles. The van der Waals surface area contributed by atoms with Crippen LogP contribution in [0.2, 0.25) is 0 Å². The molecule has 0 amide bonds. The van der Waals surface area contributed by atoms with E-state index in [9.17, 15) is 76.3 Å². The van der Waals surface area contributed by atoms with Gasteiger partial charge in [0.15, 0.2) is 31.3 Å². The van der Waals surface area contributed by atoms with E-state index in [-0.39, 0.29) is 0 Å². The second kappa shape index (κ2) is 15.5. The maximum Gasteiger partial charge on any atom is 0.335 e. The van der Waals surface area contributed by atoms with Crippen molar-refractivity contribution in [3.63, 3.8) is 0 Å². The second-order valence-corrected chi connectivity index (χ2v) is 11.2. The van der Waals surface area contributed by atoms with Gasteiger partial charge in [0.1, 0.15) is 91.6 Å². The summed E-state index contributed by atoms with van der Waals surface area (Å²) in [5.41, 5.74) is 0. The Bertz CT molecular complexity index is 988. The van der Waals surface area contributed by atoms with Crippen molar-refractivity contribution in [2.45, 2.75) is 123 Å². The van der Waals surface area contributed by atoms with E-state index in [4.69, 9.17) is 33.2 Å². The minimum absolute atomic E-state index is 0.788. The lowest BCUT2D eigenvalue weighted by Gasteiger charge is -2.46. The molecule has 4 fully saturated rings. The van der Waals surface area contributed by atoms with Crippen LogP contribution in [0.25, 0.3) is 0 Å². The van der Waals surface area contributed by atoms with Crippen LogP contribution >= 0.6 is 0 Å². The number of hydrogen-bond donors (Lipinski definition) is 14. The van der Waals surface area contributed by atoms with Crippen molar-refractivity contribution in [1.82, 2.24) is 0 Å². The molecule has 4 aliphatic heterocycles. The highest BCUT2D eigenvalue weighted by Gasteiger charge is 2.54. The van der Waals surface area contributed by atoms with Gasteiger partial charge in [0.25, 0.3) is 0 Å². The molecule has 4 heterocycles. The summed E-state index contributed by atoms with van der Waals surface area (Å²) in [4.78, 5) is 11.6. The molecule has 0 aromatic rings.